The number of aliphatic imine (C=N–C) groups is 1. The van der Waals surface area contributed by atoms with Crippen LogP contribution in [0, 0.1) is 0 Å². The maximum absolute atomic E-state index is 11.7. The van der Waals surface area contributed by atoms with Gasteiger partial charge in [-0.3, -0.25) is 9.69 Å². The minimum atomic E-state index is 0. The highest BCUT2D eigenvalue weighted by Crippen LogP contribution is 2.10. The van der Waals surface area contributed by atoms with Crippen molar-refractivity contribution in [2.45, 2.75) is 20.0 Å². The molecule has 0 unspecified atom stereocenters. The third kappa shape index (κ3) is 8.74. The Labute approximate surface area is 186 Å². The van der Waals surface area contributed by atoms with E-state index in [9.17, 15) is 4.79 Å². The van der Waals surface area contributed by atoms with Gasteiger partial charge in [-0.25, -0.2) is 4.99 Å². The van der Waals surface area contributed by atoms with Gasteiger partial charge in [-0.1, -0.05) is 24.3 Å². The zero-order chi connectivity index (χ0) is 19.6. The number of likely N-dealkylation sites (N-methyl/N-ethyl adjacent to an activating group) is 2. The van der Waals surface area contributed by atoms with Crippen molar-refractivity contribution < 1.29 is 4.79 Å². The van der Waals surface area contributed by atoms with Crippen LogP contribution in [0.4, 0.5) is 0 Å². The number of rotatable bonds is 7. The third-order valence-electron chi connectivity index (χ3n) is 4.69. The number of nitrogens with zero attached hydrogens (tertiary/aromatic N) is 4. The smallest absolute Gasteiger partial charge is 0.241 e. The summed E-state index contributed by atoms with van der Waals surface area (Å²) < 4.78 is 0. The number of carbonyl (C=O) groups excluding carboxylic acids is 1. The van der Waals surface area contributed by atoms with E-state index in [4.69, 9.17) is 0 Å². The van der Waals surface area contributed by atoms with Crippen LogP contribution in [-0.2, 0) is 17.9 Å². The second-order valence-corrected chi connectivity index (χ2v) is 7.23. The molecule has 7 nitrogen and oxygen atoms in total. The van der Waals surface area contributed by atoms with Gasteiger partial charge < -0.3 is 20.4 Å². The van der Waals surface area contributed by atoms with Crippen molar-refractivity contribution in [2.75, 3.05) is 60.4 Å². The lowest BCUT2D eigenvalue weighted by Crippen LogP contribution is -2.43. The molecule has 2 N–H and O–H groups in total. The van der Waals surface area contributed by atoms with Crippen LogP contribution in [0.5, 0.6) is 0 Å². The quantitative estimate of drug-likeness (QED) is 0.334. The van der Waals surface area contributed by atoms with Gasteiger partial charge in [0.1, 0.15) is 0 Å². The van der Waals surface area contributed by atoms with Gasteiger partial charge in [0.15, 0.2) is 5.96 Å². The highest BCUT2D eigenvalue weighted by molar-refractivity contribution is 14.0. The van der Waals surface area contributed by atoms with Crippen LogP contribution in [0.1, 0.15) is 18.1 Å². The van der Waals surface area contributed by atoms with Gasteiger partial charge in [0.25, 0.3) is 0 Å². The average Bonchev–Trinajstić information content (AvgIpc) is 2.66. The molecule has 0 radical (unpaired) electrons. The van der Waals surface area contributed by atoms with Gasteiger partial charge in [-0.05, 0) is 25.1 Å². The number of hydrogen-bond acceptors (Lipinski definition) is 4. The minimum absolute atomic E-state index is 0. The molecule has 1 aliphatic heterocycles. The van der Waals surface area contributed by atoms with Gasteiger partial charge in [0.2, 0.25) is 5.91 Å². The zero-order valence-corrected chi connectivity index (χ0v) is 19.9. The largest absolute Gasteiger partial charge is 0.357 e. The first-order valence-electron chi connectivity index (χ1n) is 9.69. The number of nitrogens with one attached hydrogen (secondary N) is 2. The molecular weight excluding hydrogens is 467 g/mol. The summed E-state index contributed by atoms with van der Waals surface area (Å²) in [5, 5.41) is 6.25. The van der Waals surface area contributed by atoms with Crippen molar-refractivity contribution in [3.8, 4) is 0 Å². The van der Waals surface area contributed by atoms with Gasteiger partial charge in [-0.15, -0.1) is 24.0 Å². The number of hydrogen-bond donors (Lipinski definition) is 2. The number of carbonyl (C=O) groups is 1. The minimum Gasteiger partial charge on any atom is -0.357 e. The zero-order valence-electron chi connectivity index (χ0n) is 17.6. The normalized spacial score (nSPS) is 15.6. The molecule has 28 heavy (non-hydrogen) atoms. The van der Waals surface area contributed by atoms with E-state index >= 15 is 0 Å². The van der Waals surface area contributed by atoms with Crippen LogP contribution in [0.15, 0.2) is 29.3 Å². The van der Waals surface area contributed by atoms with Crippen LogP contribution in [0.3, 0.4) is 0 Å². The summed E-state index contributed by atoms with van der Waals surface area (Å²) in [6.45, 7) is 9.14. The Morgan fingerprint density at radius 2 is 1.68 bits per heavy atom. The van der Waals surface area contributed by atoms with Crippen LogP contribution < -0.4 is 10.6 Å². The number of benzene rings is 1. The summed E-state index contributed by atoms with van der Waals surface area (Å²) in [4.78, 5) is 22.7. The summed E-state index contributed by atoms with van der Waals surface area (Å²) in [7, 11) is 5.68. The molecule has 0 aromatic heterocycles. The summed E-state index contributed by atoms with van der Waals surface area (Å²) in [6.07, 6.45) is 0. The van der Waals surface area contributed by atoms with E-state index in [-0.39, 0.29) is 36.4 Å². The van der Waals surface area contributed by atoms with Crippen molar-refractivity contribution in [3.63, 3.8) is 0 Å². The topological polar surface area (TPSA) is 63.2 Å². The number of guanidine groups is 1. The van der Waals surface area contributed by atoms with Crippen LogP contribution in [-0.4, -0.2) is 87.0 Å². The fourth-order valence-electron chi connectivity index (χ4n) is 2.84. The van der Waals surface area contributed by atoms with Gasteiger partial charge in [-0.2, -0.15) is 0 Å². The first kappa shape index (κ1) is 24.6. The molecule has 0 bridgehead atoms. The molecule has 1 saturated heterocycles. The first-order valence-corrected chi connectivity index (χ1v) is 9.69. The molecule has 1 aliphatic rings. The van der Waals surface area contributed by atoms with E-state index in [1.165, 1.54) is 5.56 Å². The highest BCUT2D eigenvalue weighted by Gasteiger charge is 2.13. The molecule has 158 valence electrons. The average molecular weight is 502 g/mol. The van der Waals surface area contributed by atoms with Gasteiger partial charge >= 0.3 is 0 Å². The van der Waals surface area contributed by atoms with E-state index in [0.717, 1.165) is 44.8 Å². The van der Waals surface area contributed by atoms with Crippen molar-refractivity contribution >= 4 is 35.8 Å². The maximum Gasteiger partial charge on any atom is 0.241 e. The second kappa shape index (κ2) is 12.9. The lowest BCUT2D eigenvalue weighted by Gasteiger charge is -2.32. The fraction of sp³-hybridized carbons (Fsp3) is 0.600. The molecule has 1 aromatic rings. The Kier molecular flexibility index (Phi) is 11.4. The van der Waals surface area contributed by atoms with E-state index in [1.807, 2.05) is 6.92 Å². The number of halogens is 1. The monoisotopic (exact) mass is 502 g/mol. The Balaban J connectivity index is 0.00000392. The number of piperazine rings is 1. The Morgan fingerprint density at radius 1 is 1.07 bits per heavy atom. The van der Waals surface area contributed by atoms with Crippen molar-refractivity contribution in [2.24, 2.45) is 4.99 Å². The SMILES string of the molecule is CCNC(=NCc1ccc(CN2CCN(C)CC2)cc1)NCC(=O)N(C)C.I. The summed E-state index contributed by atoms with van der Waals surface area (Å²) in [5.74, 6) is 0.683. The molecular formula is C20H35IN6O. The van der Waals surface area contributed by atoms with Gasteiger partial charge in [0, 0.05) is 53.4 Å². The van der Waals surface area contributed by atoms with E-state index in [2.05, 4.69) is 56.7 Å². The third-order valence-corrected chi connectivity index (χ3v) is 4.69. The fourth-order valence-corrected chi connectivity index (χ4v) is 2.84. The van der Waals surface area contributed by atoms with Crippen molar-refractivity contribution in [3.05, 3.63) is 35.4 Å². The molecule has 2 rings (SSSR count). The molecule has 1 amide bonds. The van der Waals surface area contributed by atoms with E-state index in [1.54, 1.807) is 19.0 Å². The van der Waals surface area contributed by atoms with E-state index in [0.29, 0.717) is 12.5 Å². The predicted octanol–water partition coefficient (Wildman–Crippen LogP) is 1.20. The van der Waals surface area contributed by atoms with E-state index < -0.39 is 0 Å². The van der Waals surface area contributed by atoms with Crippen LogP contribution >= 0.6 is 24.0 Å². The maximum atomic E-state index is 11.7. The standard InChI is InChI=1S/C20H34N6O.HI/c1-5-21-20(23-15-19(27)24(2)3)22-14-17-6-8-18(9-7-17)16-26-12-10-25(4)11-13-26;/h6-9H,5,10-16H2,1-4H3,(H2,21,22,23);1H. The molecule has 0 atom stereocenters. The molecule has 1 aromatic carbocycles. The van der Waals surface area contributed by atoms with Crippen LogP contribution in [0.25, 0.3) is 0 Å². The molecule has 0 saturated carbocycles. The Hall–Kier alpha value is -1.39. The van der Waals surface area contributed by atoms with Crippen molar-refractivity contribution in [1.29, 1.82) is 0 Å². The molecule has 0 aliphatic carbocycles. The predicted molar refractivity (Wildman–Crippen MR) is 126 cm³/mol. The summed E-state index contributed by atoms with van der Waals surface area (Å²) in [6, 6.07) is 8.67. The Morgan fingerprint density at radius 3 is 2.25 bits per heavy atom. The first-order chi connectivity index (χ1) is 13.0. The summed E-state index contributed by atoms with van der Waals surface area (Å²) >= 11 is 0. The Bertz CT molecular complexity index is 612. The van der Waals surface area contributed by atoms with Gasteiger partial charge in [0.05, 0.1) is 13.1 Å². The second-order valence-electron chi connectivity index (χ2n) is 7.23. The van der Waals surface area contributed by atoms with Crippen molar-refractivity contribution in [1.82, 2.24) is 25.3 Å². The molecule has 1 fully saturated rings. The lowest BCUT2D eigenvalue weighted by atomic mass is 10.1. The lowest BCUT2D eigenvalue weighted by molar-refractivity contribution is -0.127. The molecule has 8 heteroatoms. The number of amides is 1. The van der Waals surface area contributed by atoms with Crippen LogP contribution in [0.2, 0.25) is 0 Å². The molecule has 1 heterocycles. The molecule has 0 spiro atoms. The highest BCUT2D eigenvalue weighted by atomic mass is 127. The summed E-state index contributed by atoms with van der Waals surface area (Å²) in [5.41, 5.74) is 2.50.